The van der Waals surface area contributed by atoms with Gasteiger partial charge in [0.1, 0.15) is 4.90 Å². The first-order valence-electron chi connectivity index (χ1n) is 3.53. The highest BCUT2D eigenvalue weighted by molar-refractivity contribution is 9.12. The van der Waals surface area contributed by atoms with E-state index in [2.05, 4.69) is 43.2 Å². The second-order valence-corrected chi connectivity index (χ2v) is 7.81. The van der Waals surface area contributed by atoms with Gasteiger partial charge < -0.3 is 0 Å². The molecule has 0 aromatic carbocycles. The topological polar surface area (TPSA) is 46.2 Å². The standard InChI is InChI=1S/C7H7Br2NO2S2/c1-2-3-10-14(11,12)5-4-6(8)13-7(5)9/h2,4,10H,1,3H2. The molecule has 0 aliphatic carbocycles. The van der Waals surface area contributed by atoms with E-state index in [9.17, 15) is 8.42 Å². The second kappa shape index (κ2) is 4.89. The van der Waals surface area contributed by atoms with Crippen molar-refractivity contribution in [3.63, 3.8) is 0 Å². The predicted octanol–water partition coefficient (Wildman–Crippen LogP) is 2.74. The van der Waals surface area contributed by atoms with Crippen LogP contribution < -0.4 is 4.72 Å². The number of rotatable bonds is 4. The molecule has 1 rings (SSSR count). The molecule has 0 saturated carbocycles. The molecule has 3 nitrogen and oxygen atoms in total. The zero-order chi connectivity index (χ0) is 10.8. The molecule has 0 spiro atoms. The maximum Gasteiger partial charge on any atom is 0.242 e. The van der Waals surface area contributed by atoms with Gasteiger partial charge in [0.2, 0.25) is 10.0 Å². The number of sulfonamides is 1. The van der Waals surface area contributed by atoms with Crippen LogP contribution in [-0.2, 0) is 10.0 Å². The van der Waals surface area contributed by atoms with Crippen LogP contribution in [0.5, 0.6) is 0 Å². The Morgan fingerprint density at radius 1 is 1.57 bits per heavy atom. The molecule has 0 unspecified atom stereocenters. The number of thiophene rings is 1. The van der Waals surface area contributed by atoms with Crippen LogP contribution in [0.4, 0.5) is 0 Å². The molecule has 0 fully saturated rings. The van der Waals surface area contributed by atoms with E-state index in [4.69, 9.17) is 0 Å². The maximum absolute atomic E-state index is 11.6. The Labute approximate surface area is 104 Å². The molecule has 1 heterocycles. The summed E-state index contributed by atoms with van der Waals surface area (Å²) in [5.74, 6) is 0. The molecular formula is C7H7Br2NO2S2. The van der Waals surface area contributed by atoms with Gasteiger partial charge in [-0.15, -0.1) is 17.9 Å². The molecule has 1 aromatic rings. The monoisotopic (exact) mass is 359 g/mol. The lowest BCUT2D eigenvalue weighted by Gasteiger charge is -2.01. The zero-order valence-corrected chi connectivity index (χ0v) is 11.8. The summed E-state index contributed by atoms with van der Waals surface area (Å²) in [7, 11) is -3.42. The van der Waals surface area contributed by atoms with E-state index < -0.39 is 10.0 Å². The van der Waals surface area contributed by atoms with Crippen LogP contribution in [-0.4, -0.2) is 15.0 Å². The van der Waals surface area contributed by atoms with Crippen LogP contribution in [0.1, 0.15) is 0 Å². The van der Waals surface area contributed by atoms with Gasteiger partial charge in [0, 0.05) is 6.54 Å². The lowest BCUT2D eigenvalue weighted by molar-refractivity contribution is 0.585. The Morgan fingerprint density at radius 3 is 2.64 bits per heavy atom. The van der Waals surface area contributed by atoms with Crippen LogP contribution in [0, 0.1) is 0 Å². The molecule has 0 atom stereocenters. The molecule has 7 heteroatoms. The molecule has 0 aliphatic heterocycles. The van der Waals surface area contributed by atoms with Gasteiger partial charge in [-0.3, -0.25) is 0 Å². The zero-order valence-electron chi connectivity index (χ0n) is 6.96. The van der Waals surface area contributed by atoms with Crippen molar-refractivity contribution >= 4 is 53.2 Å². The number of halogens is 2. The summed E-state index contributed by atoms with van der Waals surface area (Å²) < 4.78 is 27.0. The van der Waals surface area contributed by atoms with E-state index >= 15 is 0 Å². The molecule has 0 radical (unpaired) electrons. The third kappa shape index (κ3) is 2.90. The average molecular weight is 361 g/mol. The van der Waals surface area contributed by atoms with Crippen molar-refractivity contribution in [2.75, 3.05) is 6.54 Å². The van der Waals surface area contributed by atoms with E-state index in [1.54, 1.807) is 6.07 Å². The van der Waals surface area contributed by atoms with Gasteiger partial charge in [-0.2, -0.15) is 0 Å². The van der Waals surface area contributed by atoms with Crippen LogP contribution in [0.15, 0.2) is 31.2 Å². The van der Waals surface area contributed by atoms with E-state index in [1.807, 2.05) is 0 Å². The van der Waals surface area contributed by atoms with E-state index in [0.29, 0.717) is 3.79 Å². The SMILES string of the molecule is C=CCNS(=O)(=O)c1cc(Br)sc1Br. The summed E-state index contributed by atoms with van der Waals surface area (Å²) in [6, 6.07) is 1.56. The molecule has 0 saturated heterocycles. The van der Waals surface area contributed by atoms with E-state index in [1.165, 1.54) is 17.4 Å². The highest BCUT2D eigenvalue weighted by atomic mass is 79.9. The minimum Gasteiger partial charge on any atom is -0.207 e. The number of hydrogen-bond donors (Lipinski definition) is 1. The van der Waals surface area contributed by atoms with Crippen LogP contribution in [0.2, 0.25) is 0 Å². The number of hydrogen-bond acceptors (Lipinski definition) is 3. The molecule has 0 aliphatic rings. The smallest absolute Gasteiger partial charge is 0.207 e. The average Bonchev–Trinajstić information content (AvgIpc) is 2.42. The van der Waals surface area contributed by atoms with Gasteiger partial charge in [-0.1, -0.05) is 6.08 Å². The fourth-order valence-corrected chi connectivity index (χ4v) is 5.56. The molecular weight excluding hydrogens is 354 g/mol. The third-order valence-electron chi connectivity index (χ3n) is 1.33. The van der Waals surface area contributed by atoms with Gasteiger partial charge in [-0.05, 0) is 37.9 Å². The van der Waals surface area contributed by atoms with Gasteiger partial charge in [0.15, 0.2) is 0 Å². The molecule has 1 aromatic heterocycles. The van der Waals surface area contributed by atoms with Gasteiger partial charge >= 0.3 is 0 Å². The Kier molecular flexibility index (Phi) is 4.32. The first kappa shape index (κ1) is 12.4. The highest BCUT2D eigenvalue weighted by Gasteiger charge is 2.19. The molecule has 1 N–H and O–H groups in total. The van der Waals surface area contributed by atoms with Gasteiger partial charge in [0.25, 0.3) is 0 Å². The van der Waals surface area contributed by atoms with Crippen molar-refractivity contribution < 1.29 is 8.42 Å². The quantitative estimate of drug-likeness (QED) is 0.839. The predicted molar refractivity (Wildman–Crippen MR) is 65.1 cm³/mol. The number of nitrogens with one attached hydrogen (secondary N) is 1. The minimum absolute atomic E-state index is 0.224. The minimum atomic E-state index is -3.42. The Morgan fingerprint density at radius 2 is 2.21 bits per heavy atom. The van der Waals surface area contributed by atoms with Crippen LogP contribution in [0.25, 0.3) is 0 Å². The maximum atomic E-state index is 11.6. The summed E-state index contributed by atoms with van der Waals surface area (Å²) in [6.45, 7) is 3.66. The van der Waals surface area contributed by atoms with Gasteiger partial charge in [-0.25, -0.2) is 13.1 Å². The summed E-state index contributed by atoms with van der Waals surface area (Å²) in [6.07, 6.45) is 1.49. The van der Waals surface area contributed by atoms with Crippen molar-refractivity contribution in [1.29, 1.82) is 0 Å². The Balaban J connectivity index is 3.03. The van der Waals surface area contributed by atoms with Gasteiger partial charge in [0.05, 0.1) is 7.57 Å². The largest absolute Gasteiger partial charge is 0.242 e. The van der Waals surface area contributed by atoms with Crippen molar-refractivity contribution in [3.8, 4) is 0 Å². The summed E-state index contributed by atoms with van der Waals surface area (Å²) in [4.78, 5) is 0.247. The first-order valence-corrected chi connectivity index (χ1v) is 7.41. The molecule has 78 valence electrons. The Hall–Kier alpha value is 0.310. The lowest BCUT2D eigenvalue weighted by atomic mass is 10.7. The fourth-order valence-electron chi connectivity index (χ4n) is 0.755. The third-order valence-corrected chi connectivity index (χ3v) is 5.51. The van der Waals surface area contributed by atoms with Crippen LogP contribution >= 0.6 is 43.2 Å². The van der Waals surface area contributed by atoms with Crippen molar-refractivity contribution in [2.24, 2.45) is 0 Å². The van der Waals surface area contributed by atoms with E-state index in [-0.39, 0.29) is 11.4 Å². The fraction of sp³-hybridized carbons (Fsp3) is 0.143. The van der Waals surface area contributed by atoms with Crippen LogP contribution in [0.3, 0.4) is 0 Å². The molecule has 0 bridgehead atoms. The van der Waals surface area contributed by atoms with Crippen molar-refractivity contribution in [3.05, 3.63) is 26.3 Å². The summed E-state index contributed by atoms with van der Waals surface area (Å²) in [5.41, 5.74) is 0. The first-order chi connectivity index (χ1) is 6.47. The lowest BCUT2D eigenvalue weighted by Crippen LogP contribution is -2.23. The molecule has 14 heavy (non-hydrogen) atoms. The van der Waals surface area contributed by atoms with Crippen molar-refractivity contribution in [1.82, 2.24) is 4.72 Å². The summed E-state index contributed by atoms with van der Waals surface area (Å²) >= 11 is 7.73. The summed E-state index contributed by atoms with van der Waals surface area (Å²) in [5, 5.41) is 0. The van der Waals surface area contributed by atoms with E-state index in [0.717, 1.165) is 3.79 Å². The highest BCUT2D eigenvalue weighted by Crippen LogP contribution is 2.34. The second-order valence-electron chi connectivity index (χ2n) is 2.33. The molecule has 0 amide bonds. The van der Waals surface area contributed by atoms with Crippen molar-refractivity contribution in [2.45, 2.75) is 4.90 Å². The normalized spacial score (nSPS) is 11.6. The Bertz CT molecular complexity index is 439.